The molecule has 0 aromatic rings. The summed E-state index contributed by atoms with van der Waals surface area (Å²) in [7, 11) is -4.64. The van der Waals surface area contributed by atoms with Gasteiger partial charge in [0.25, 0.3) is 0 Å². The highest BCUT2D eigenvalue weighted by atomic mass is 32.2. The van der Waals surface area contributed by atoms with Crippen LogP contribution < -0.4 is 0 Å². The van der Waals surface area contributed by atoms with E-state index in [9.17, 15) is 4.55 Å². The Balaban J connectivity index is 0. The van der Waals surface area contributed by atoms with Gasteiger partial charge in [0.1, 0.15) is 11.5 Å². The van der Waals surface area contributed by atoms with Crippen molar-refractivity contribution in [3.63, 3.8) is 0 Å². The zero-order valence-corrected chi connectivity index (χ0v) is 19.8. The van der Waals surface area contributed by atoms with Crippen LogP contribution in [0.15, 0.2) is 0 Å². The summed E-state index contributed by atoms with van der Waals surface area (Å²) in [5, 5.41) is 8.94. The summed E-state index contributed by atoms with van der Waals surface area (Å²) in [4.78, 5) is 21.6. The minimum Gasteiger partial charge on any atom is -0.616 e. The van der Waals surface area contributed by atoms with Crippen molar-refractivity contribution in [2.45, 2.75) is 104 Å². The molecule has 28 heavy (non-hydrogen) atoms. The molecule has 0 saturated carbocycles. The molecule has 172 valence electrons. The zero-order chi connectivity index (χ0) is 21.7. The van der Waals surface area contributed by atoms with Crippen LogP contribution in [0.1, 0.15) is 104 Å². The highest BCUT2D eigenvalue weighted by Crippen LogP contribution is 2.25. The molecule has 0 spiro atoms. The van der Waals surface area contributed by atoms with Crippen LogP contribution in [0.3, 0.4) is 0 Å². The van der Waals surface area contributed by atoms with E-state index in [1.807, 2.05) is 6.92 Å². The fourth-order valence-corrected chi connectivity index (χ4v) is 4.34. The minimum atomic E-state index is -4.64. The van der Waals surface area contributed by atoms with Gasteiger partial charge < -0.3 is 24.3 Å². The van der Waals surface area contributed by atoms with Crippen LogP contribution in [0.25, 0.3) is 0 Å². The molecule has 0 fully saturated rings. The van der Waals surface area contributed by atoms with Gasteiger partial charge in [0.2, 0.25) is 0 Å². The lowest BCUT2D eigenvalue weighted by atomic mass is 10.0. The van der Waals surface area contributed by atoms with Gasteiger partial charge >= 0.3 is 7.82 Å². The first-order valence-corrected chi connectivity index (χ1v) is 14.0. The van der Waals surface area contributed by atoms with Gasteiger partial charge in [-0.05, 0) is 12.8 Å². The van der Waals surface area contributed by atoms with Gasteiger partial charge in [-0.3, -0.25) is 0 Å². The lowest BCUT2D eigenvalue weighted by Crippen LogP contribution is -2.19. The smallest absolute Gasteiger partial charge is 0.466 e. The third-order valence-electron chi connectivity index (χ3n) is 4.51. The molecule has 0 aliphatic heterocycles. The summed E-state index contributed by atoms with van der Waals surface area (Å²) in [5.41, 5.74) is 0. The maximum Gasteiger partial charge on any atom is 0.466 e. The van der Waals surface area contributed by atoms with E-state index in [4.69, 9.17) is 24.4 Å². The largest absolute Gasteiger partial charge is 0.616 e. The number of phosphoric acid groups is 1. The van der Waals surface area contributed by atoms with E-state index in [1.54, 1.807) is 0 Å². The van der Waals surface area contributed by atoms with Crippen molar-refractivity contribution in [1.29, 1.82) is 0 Å². The Hall–Kier alpha value is 0.380. The highest BCUT2D eigenvalue weighted by molar-refractivity contribution is 7.91. The Morgan fingerprint density at radius 2 is 1.11 bits per heavy atom. The maximum atomic E-state index is 11.7. The lowest BCUT2D eigenvalue weighted by molar-refractivity contribution is 0.249. The van der Waals surface area contributed by atoms with E-state index in [0.29, 0.717) is 5.75 Å². The Labute approximate surface area is 175 Å². The quantitative estimate of drug-likeness (QED) is 0.135. The van der Waals surface area contributed by atoms with E-state index in [-0.39, 0.29) is 12.5 Å². The van der Waals surface area contributed by atoms with Crippen molar-refractivity contribution in [2.75, 3.05) is 18.1 Å². The average Bonchev–Trinajstić information content (AvgIpc) is 2.60. The monoisotopic (exact) mass is 444 g/mol. The van der Waals surface area contributed by atoms with Crippen molar-refractivity contribution in [3.8, 4) is 0 Å². The molecule has 8 heteroatoms. The third kappa shape index (κ3) is 33.9. The summed E-state index contributed by atoms with van der Waals surface area (Å²) in [6, 6.07) is 0. The SMILES string of the molecule is CCCCCCCCCCCCCCCC[S+]([O-])CC(C)CO.O=P(O)(O)O. The first-order chi connectivity index (χ1) is 13.2. The van der Waals surface area contributed by atoms with Gasteiger partial charge in [-0.25, -0.2) is 4.57 Å². The molecule has 0 aromatic heterocycles. The van der Waals surface area contributed by atoms with E-state index in [2.05, 4.69) is 6.92 Å². The summed E-state index contributed by atoms with van der Waals surface area (Å²) in [6.07, 6.45) is 19.0. The molecule has 0 saturated heterocycles. The van der Waals surface area contributed by atoms with Crippen molar-refractivity contribution < 1.29 is 28.9 Å². The van der Waals surface area contributed by atoms with Gasteiger partial charge in [0.15, 0.2) is 0 Å². The van der Waals surface area contributed by atoms with Gasteiger partial charge in [-0.1, -0.05) is 102 Å². The summed E-state index contributed by atoms with van der Waals surface area (Å²) in [5.74, 6) is 1.67. The summed E-state index contributed by atoms with van der Waals surface area (Å²) in [6.45, 7) is 4.39. The van der Waals surface area contributed by atoms with Gasteiger partial charge in [-0.15, -0.1) is 0 Å². The minimum absolute atomic E-state index is 0.157. The van der Waals surface area contributed by atoms with Crippen LogP contribution in [0.5, 0.6) is 0 Å². The molecule has 2 atom stereocenters. The fraction of sp³-hybridized carbons (Fsp3) is 1.00. The molecule has 4 N–H and O–H groups in total. The molecule has 0 aromatic carbocycles. The topological polar surface area (TPSA) is 121 Å². The number of hydrogen-bond acceptors (Lipinski definition) is 3. The first-order valence-electron chi connectivity index (χ1n) is 10.9. The molecular formula is C20H45O6PS. The van der Waals surface area contributed by atoms with E-state index >= 15 is 0 Å². The number of rotatable bonds is 18. The molecule has 2 unspecified atom stereocenters. The first kappa shape index (κ1) is 30.6. The second-order valence-corrected chi connectivity index (χ2v) is 10.4. The Kier molecular flexibility index (Phi) is 24.1. The molecule has 0 rings (SSSR count). The fourth-order valence-electron chi connectivity index (χ4n) is 2.91. The number of aliphatic hydroxyl groups is 1. The molecule has 0 heterocycles. The van der Waals surface area contributed by atoms with Crippen molar-refractivity contribution in [2.24, 2.45) is 5.92 Å². The standard InChI is InChI=1S/C20H42O2S.H3O4P/c1-3-4-5-6-7-8-9-10-11-12-13-14-15-16-17-23(22)19-20(2)18-21;1-5(2,3)4/h20-21H,3-19H2,1-2H3;(H3,1,2,3,4). The number of unbranched alkanes of at least 4 members (excludes halogenated alkanes) is 13. The zero-order valence-electron chi connectivity index (χ0n) is 18.1. The Bertz CT molecular complexity index is 345. The predicted molar refractivity (Wildman–Crippen MR) is 119 cm³/mol. The van der Waals surface area contributed by atoms with Crippen LogP contribution in [-0.2, 0) is 15.7 Å². The summed E-state index contributed by atoms with van der Waals surface area (Å²) < 4.78 is 20.6. The second-order valence-electron chi connectivity index (χ2n) is 7.71. The Morgan fingerprint density at radius 3 is 1.43 bits per heavy atom. The molecule has 0 aliphatic rings. The van der Waals surface area contributed by atoms with Gasteiger partial charge in [0.05, 0.1) is 6.61 Å². The highest BCUT2D eigenvalue weighted by Gasteiger charge is 2.11. The predicted octanol–water partition coefficient (Wildman–Crippen LogP) is 4.92. The molecular weight excluding hydrogens is 399 g/mol. The molecule has 0 radical (unpaired) electrons. The van der Waals surface area contributed by atoms with Crippen LogP contribution in [0, 0.1) is 5.92 Å². The molecule has 6 nitrogen and oxygen atoms in total. The summed E-state index contributed by atoms with van der Waals surface area (Å²) >= 11 is -0.726. The van der Waals surface area contributed by atoms with E-state index < -0.39 is 19.0 Å². The third-order valence-corrected chi connectivity index (χ3v) is 6.19. The maximum absolute atomic E-state index is 11.7. The normalized spacial score (nSPS) is 13.7. The van der Waals surface area contributed by atoms with E-state index in [0.717, 1.165) is 12.2 Å². The molecule has 0 aliphatic carbocycles. The van der Waals surface area contributed by atoms with Crippen LogP contribution >= 0.6 is 7.82 Å². The molecule has 0 bridgehead atoms. The van der Waals surface area contributed by atoms with Crippen molar-refractivity contribution >= 4 is 19.0 Å². The average molecular weight is 445 g/mol. The van der Waals surface area contributed by atoms with Crippen LogP contribution in [0.4, 0.5) is 0 Å². The van der Waals surface area contributed by atoms with Gasteiger partial charge in [0, 0.05) is 5.92 Å². The Morgan fingerprint density at radius 1 is 0.786 bits per heavy atom. The van der Waals surface area contributed by atoms with E-state index in [1.165, 1.54) is 83.5 Å². The van der Waals surface area contributed by atoms with Gasteiger partial charge in [-0.2, -0.15) is 0 Å². The van der Waals surface area contributed by atoms with Crippen LogP contribution in [0.2, 0.25) is 0 Å². The van der Waals surface area contributed by atoms with Crippen LogP contribution in [-0.4, -0.2) is 42.5 Å². The van der Waals surface area contributed by atoms with Crippen molar-refractivity contribution in [1.82, 2.24) is 0 Å². The lowest BCUT2D eigenvalue weighted by Gasteiger charge is -2.14. The number of hydrogen-bond donors (Lipinski definition) is 4. The number of aliphatic hydroxyl groups excluding tert-OH is 1. The molecule has 0 amide bonds. The van der Waals surface area contributed by atoms with Crippen molar-refractivity contribution in [3.05, 3.63) is 0 Å². The second kappa shape index (κ2) is 22.1.